The third-order valence-corrected chi connectivity index (χ3v) is 7.40. The summed E-state index contributed by atoms with van der Waals surface area (Å²) < 4.78 is 50.4. The second-order valence-corrected chi connectivity index (χ2v) is 11.5. The van der Waals surface area contributed by atoms with E-state index < -0.39 is 69.3 Å². The first-order valence-electron chi connectivity index (χ1n) is 9.77. The molecule has 8 amide bonds. The molecule has 2 aliphatic rings. The second-order valence-electron chi connectivity index (χ2n) is 7.26. The number of sulfonamides is 1. The molecule has 3 heterocycles. The fraction of sp³-hybridized carbons (Fsp3) is 0.400. The van der Waals surface area contributed by atoms with E-state index in [4.69, 9.17) is 5.73 Å². The fourth-order valence-electron chi connectivity index (χ4n) is 3.01. The summed E-state index contributed by atoms with van der Waals surface area (Å²) in [5.74, 6) is -1.87. The van der Waals surface area contributed by atoms with Crippen LogP contribution in [0.4, 0.5) is 19.5 Å². The molecule has 1 aromatic rings. The molecule has 22 heteroatoms. The average molecular weight is 582 g/mol. The standard InChI is InChI=1S/C15H19N9O10S3/c1-34-19-9(8-6-35-12(16)18-8)10(25)17-7-5-23(11(7)26)14(28)21-37(32,33)20-13(27)22-3-4-24(15(22)29)36(2,30)31/h6-7H,3-5H2,1-2H3,(H2,16,18)(H,17,25)(H,20,27)(H,21,28)/t7-/m0/s1. The number of oxime groups is 1. The highest BCUT2D eigenvalue weighted by atomic mass is 32.2. The number of nitrogens with one attached hydrogen (secondary N) is 3. The van der Waals surface area contributed by atoms with Crippen LogP contribution in [0.5, 0.6) is 0 Å². The van der Waals surface area contributed by atoms with Crippen molar-refractivity contribution in [2.75, 3.05) is 38.7 Å². The van der Waals surface area contributed by atoms with Gasteiger partial charge in [-0.05, 0) is 0 Å². The molecule has 1 atom stereocenters. The molecule has 0 unspecified atom stereocenters. The lowest BCUT2D eigenvalue weighted by Gasteiger charge is -2.36. The predicted octanol–water partition coefficient (Wildman–Crippen LogP) is -3.24. The van der Waals surface area contributed by atoms with E-state index in [0.717, 1.165) is 17.6 Å². The molecule has 202 valence electrons. The van der Waals surface area contributed by atoms with E-state index in [0.29, 0.717) is 14.1 Å². The van der Waals surface area contributed by atoms with Crippen LogP contribution in [0.3, 0.4) is 0 Å². The third kappa shape index (κ3) is 6.03. The van der Waals surface area contributed by atoms with E-state index in [9.17, 15) is 40.8 Å². The molecule has 37 heavy (non-hydrogen) atoms. The van der Waals surface area contributed by atoms with Gasteiger partial charge in [-0.1, -0.05) is 5.16 Å². The van der Waals surface area contributed by atoms with Crippen LogP contribution >= 0.6 is 11.3 Å². The highest BCUT2D eigenvalue weighted by molar-refractivity contribution is 7.89. The van der Waals surface area contributed by atoms with Gasteiger partial charge in [-0.3, -0.25) is 14.5 Å². The number of amides is 8. The van der Waals surface area contributed by atoms with E-state index in [2.05, 4.69) is 20.3 Å². The largest absolute Gasteiger partial charge is 0.398 e. The summed E-state index contributed by atoms with van der Waals surface area (Å²) in [6.07, 6.45) is 0.725. The molecule has 2 saturated heterocycles. The van der Waals surface area contributed by atoms with E-state index in [-0.39, 0.29) is 23.1 Å². The summed E-state index contributed by atoms with van der Waals surface area (Å²) in [7, 11) is -7.75. The monoisotopic (exact) mass is 581 g/mol. The molecule has 2 aliphatic heterocycles. The Labute approximate surface area is 212 Å². The molecular formula is C15H19N9O10S3. The number of hydrogen-bond donors (Lipinski definition) is 4. The maximum absolute atomic E-state index is 12.5. The van der Waals surface area contributed by atoms with Crippen LogP contribution in [0.25, 0.3) is 0 Å². The first-order chi connectivity index (χ1) is 17.1. The van der Waals surface area contributed by atoms with Crippen LogP contribution in [0, 0.1) is 0 Å². The van der Waals surface area contributed by atoms with Gasteiger partial charge in [0.05, 0.1) is 25.9 Å². The Bertz CT molecular complexity index is 1400. The number of aromatic nitrogens is 1. The van der Waals surface area contributed by atoms with Crippen molar-refractivity contribution in [2.45, 2.75) is 6.04 Å². The molecular weight excluding hydrogens is 562 g/mol. The van der Waals surface area contributed by atoms with Gasteiger partial charge in [0.25, 0.3) is 11.8 Å². The zero-order valence-electron chi connectivity index (χ0n) is 18.9. The summed E-state index contributed by atoms with van der Waals surface area (Å²) in [5, 5.41) is 7.38. The van der Waals surface area contributed by atoms with Crippen LogP contribution in [0.2, 0.25) is 0 Å². The van der Waals surface area contributed by atoms with Crippen molar-refractivity contribution in [3.63, 3.8) is 0 Å². The van der Waals surface area contributed by atoms with Gasteiger partial charge >= 0.3 is 28.3 Å². The predicted molar refractivity (Wildman–Crippen MR) is 123 cm³/mol. The Morgan fingerprint density at radius 3 is 2.24 bits per heavy atom. The number of thiazole rings is 1. The Balaban J connectivity index is 1.55. The minimum absolute atomic E-state index is 0.0706. The zero-order chi connectivity index (χ0) is 27.7. The maximum Gasteiger partial charge on any atom is 0.341 e. The van der Waals surface area contributed by atoms with Gasteiger partial charge in [0.1, 0.15) is 18.8 Å². The van der Waals surface area contributed by atoms with Gasteiger partial charge in [-0.15, -0.1) is 11.3 Å². The summed E-state index contributed by atoms with van der Waals surface area (Å²) in [5.41, 5.74) is 5.29. The average Bonchev–Trinajstić information content (AvgIpc) is 3.38. The first-order valence-corrected chi connectivity index (χ1v) is 14.0. The van der Waals surface area contributed by atoms with Crippen molar-refractivity contribution in [3.8, 4) is 0 Å². The highest BCUT2D eigenvalue weighted by Gasteiger charge is 2.44. The smallest absolute Gasteiger partial charge is 0.341 e. The highest BCUT2D eigenvalue weighted by Crippen LogP contribution is 2.15. The molecule has 0 aromatic carbocycles. The number of likely N-dealkylation sites (tertiary alicyclic amines) is 1. The number of carbonyl (C=O) groups is 5. The zero-order valence-corrected chi connectivity index (χ0v) is 21.3. The van der Waals surface area contributed by atoms with Crippen molar-refractivity contribution in [3.05, 3.63) is 11.1 Å². The molecule has 3 rings (SSSR count). The number of imide groups is 2. The van der Waals surface area contributed by atoms with Gasteiger partial charge in [0, 0.05) is 5.38 Å². The number of nitrogens with two attached hydrogens (primary N) is 1. The molecule has 0 radical (unpaired) electrons. The lowest BCUT2D eigenvalue weighted by atomic mass is 10.1. The molecule has 0 spiro atoms. The van der Waals surface area contributed by atoms with Crippen LogP contribution in [0.15, 0.2) is 10.5 Å². The number of nitrogens with zero attached hydrogens (tertiary/aromatic N) is 5. The Hall–Kier alpha value is -4.05. The van der Waals surface area contributed by atoms with Crippen LogP contribution in [0.1, 0.15) is 5.69 Å². The van der Waals surface area contributed by atoms with Gasteiger partial charge in [-0.25, -0.2) is 46.4 Å². The van der Waals surface area contributed by atoms with Gasteiger partial charge in [-0.2, -0.15) is 8.42 Å². The number of hydrogen-bond acceptors (Lipinski definition) is 14. The number of β-lactam (4-membered cyclic amide) rings is 1. The molecule has 2 fully saturated rings. The Morgan fingerprint density at radius 2 is 1.76 bits per heavy atom. The fourth-order valence-corrected chi connectivity index (χ4v) is 5.09. The van der Waals surface area contributed by atoms with Crippen molar-refractivity contribution in [1.82, 2.24) is 33.8 Å². The molecule has 0 aliphatic carbocycles. The minimum Gasteiger partial charge on any atom is -0.398 e. The molecule has 19 nitrogen and oxygen atoms in total. The third-order valence-electron chi connectivity index (χ3n) is 4.70. The van der Waals surface area contributed by atoms with Crippen molar-refractivity contribution in [2.24, 2.45) is 5.16 Å². The van der Waals surface area contributed by atoms with Crippen LogP contribution < -0.4 is 20.5 Å². The summed E-state index contributed by atoms with van der Waals surface area (Å²) in [6, 6.07) is -5.49. The van der Waals surface area contributed by atoms with Crippen molar-refractivity contribution < 1.29 is 45.6 Å². The number of nitrogen functional groups attached to an aromatic ring is 1. The van der Waals surface area contributed by atoms with Crippen molar-refractivity contribution >= 4 is 72.3 Å². The number of anilines is 1. The summed E-state index contributed by atoms with van der Waals surface area (Å²) in [4.78, 5) is 70.4. The Morgan fingerprint density at radius 1 is 1.14 bits per heavy atom. The molecule has 0 saturated carbocycles. The van der Waals surface area contributed by atoms with Gasteiger partial charge in [0.15, 0.2) is 10.8 Å². The molecule has 1 aromatic heterocycles. The van der Waals surface area contributed by atoms with Gasteiger partial charge in [0.2, 0.25) is 10.0 Å². The minimum atomic E-state index is -4.93. The lowest BCUT2D eigenvalue weighted by Crippen LogP contribution is -2.68. The quantitative estimate of drug-likeness (QED) is 0.141. The lowest BCUT2D eigenvalue weighted by molar-refractivity contribution is -0.141. The van der Waals surface area contributed by atoms with E-state index in [1.54, 1.807) is 0 Å². The van der Waals surface area contributed by atoms with Crippen molar-refractivity contribution in [1.29, 1.82) is 0 Å². The topological polar surface area (TPSA) is 260 Å². The molecule has 0 bridgehead atoms. The first kappa shape index (κ1) is 27.5. The van der Waals surface area contributed by atoms with Crippen LogP contribution in [-0.2, 0) is 34.7 Å². The summed E-state index contributed by atoms with van der Waals surface area (Å²) in [6.45, 7) is -1.26. The van der Waals surface area contributed by atoms with E-state index >= 15 is 0 Å². The molecule has 5 N–H and O–H groups in total. The SMILES string of the molecule is CON=C(C(=O)N[C@H]1CN(C(=O)NS(=O)(=O)NC(=O)N2CCN(S(C)(=O)=O)C2=O)C1=O)c1csc(N)n1. The number of carbonyl (C=O) groups excluding carboxylic acids is 5. The van der Waals surface area contributed by atoms with Crippen LogP contribution in [-0.4, -0.2) is 111 Å². The normalized spacial score (nSPS) is 18.4. The summed E-state index contributed by atoms with van der Waals surface area (Å²) >= 11 is 1.02. The maximum atomic E-state index is 12.5. The second kappa shape index (κ2) is 10.1. The number of urea groups is 3. The Kier molecular flexibility index (Phi) is 7.54. The van der Waals surface area contributed by atoms with Gasteiger partial charge < -0.3 is 15.9 Å². The number of rotatable bonds is 7. The van der Waals surface area contributed by atoms with E-state index in [1.165, 1.54) is 21.9 Å². The van der Waals surface area contributed by atoms with E-state index in [1.807, 2.05) is 0 Å².